The molecule has 0 spiro atoms. The van der Waals surface area contributed by atoms with Gasteiger partial charge in [0, 0.05) is 38.3 Å². The van der Waals surface area contributed by atoms with Crippen LogP contribution in [0.25, 0.3) is 0 Å². The lowest BCUT2D eigenvalue weighted by Crippen LogP contribution is -2.44. The standard InChI is InChI=1S/C13H20N4O.ClH/c1-17-8-9(5-15-17)11-6-14-7-12(11)13(18)16-10-3-2-4-10;/h5,8,10-12,14H,2-4,6-7H2,1H3,(H,16,18);1H/t11-,12+;/m1./s1. The minimum Gasteiger partial charge on any atom is -0.353 e. The molecule has 2 atom stereocenters. The highest BCUT2D eigenvalue weighted by Crippen LogP contribution is 2.29. The maximum absolute atomic E-state index is 12.3. The molecule has 0 aromatic carbocycles. The Morgan fingerprint density at radius 1 is 1.47 bits per heavy atom. The second-order valence-corrected chi connectivity index (χ2v) is 5.45. The van der Waals surface area contributed by atoms with Crippen molar-refractivity contribution in [3.63, 3.8) is 0 Å². The highest BCUT2D eigenvalue weighted by Gasteiger charge is 2.35. The van der Waals surface area contributed by atoms with Crippen LogP contribution in [0.1, 0.15) is 30.7 Å². The first kappa shape index (κ1) is 14.3. The fourth-order valence-corrected chi connectivity index (χ4v) is 2.80. The van der Waals surface area contributed by atoms with E-state index in [9.17, 15) is 4.79 Å². The van der Waals surface area contributed by atoms with E-state index in [1.165, 1.54) is 6.42 Å². The van der Waals surface area contributed by atoms with Gasteiger partial charge in [-0.3, -0.25) is 9.48 Å². The topological polar surface area (TPSA) is 59.0 Å². The van der Waals surface area contributed by atoms with E-state index < -0.39 is 0 Å². The summed E-state index contributed by atoms with van der Waals surface area (Å²) in [6.45, 7) is 1.65. The molecule has 1 saturated carbocycles. The molecule has 2 fully saturated rings. The van der Waals surface area contributed by atoms with Crippen LogP contribution in [-0.2, 0) is 11.8 Å². The molecule has 3 rings (SSSR count). The summed E-state index contributed by atoms with van der Waals surface area (Å²) >= 11 is 0. The number of amides is 1. The summed E-state index contributed by atoms with van der Waals surface area (Å²) in [5.74, 6) is 0.520. The predicted molar refractivity (Wildman–Crippen MR) is 75.3 cm³/mol. The van der Waals surface area contributed by atoms with Crippen LogP contribution in [0.4, 0.5) is 0 Å². The van der Waals surface area contributed by atoms with E-state index in [0.717, 1.165) is 31.5 Å². The van der Waals surface area contributed by atoms with Gasteiger partial charge in [-0.2, -0.15) is 5.10 Å². The summed E-state index contributed by atoms with van der Waals surface area (Å²) < 4.78 is 1.80. The van der Waals surface area contributed by atoms with Crippen LogP contribution in [0, 0.1) is 5.92 Å². The number of carbonyl (C=O) groups excluding carboxylic acids is 1. The molecule has 1 aliphatic heterocycles. The number of aromatic nitrogens is 2. The van der Waals surface area contributed by atoms with Crippen molar-refractivity contribution in [3.8, 4) is 0 Å². The SMILES string of the molecule is Cl.Cn1cc([C@H]2CNC[C@@H]2C(=O)NC2CCC2)cn1. The van der Waals surface area contributed by atoms with E-state index in [0.29, 0.717) is 6.04 Å². The van der Waals surface area contributed by atoms with Gasteiger partial charge in [0.05, 0.1) is 12.1 Å². The molecule has 1 aromatic rings. The molecule has 2 heterocycles. The van der Waals surface area contributed by atoms with Crippen molar-refractivity contribution in [2.24, 2.45) is 13.0 Å². The number of hydrogen-bond acceptors (Lipinski definition) is 3. The summed E-state index contributed by atoms with van der Waals surface area (Å²) in [6.07, 6.45) is 7.43. The third kappa shape index (κ3) is 2.92. The van der Waals surface area contributed by atoms with Crippen LogP contribution < -0.4 is 10.6 Å². The lowest BCUT2D eigenvalue weighted by molar-refractivity contribution is -0.126. The lowest BCUT2D eigenvalue weighted by atomic mass is 9.88. The second-order valence-electron chi connectivity index (χ2n) is 5.45. The van der Waals surface area contributed by atoms with Gasteiger partial charge in [-0.15, -0.1) is 12.4 Å². The lowest BCUT2D eigenvalue weighted by Gasteiger charge is -2.28. The van der Waals surface area contributed by atoms with Gasteiger partial charge in [-0.05, 0) is 24.8 Å². The zero-order valence-corrected chi connectivity index (χ0v) is 11.9. The Morgan fingerprint density at radius 2 is 2.26 bits per heavy atom. The molecule has 0 unspecified atom stereocenters. The average molecular weight is 285 g/mol. The number of nitrogens with zero attached hydrogens (tertiary/aromatic N) is 2. The quantitative estimate of drug-likeness (QED) is 0.864. The smallest absolute Gasteiger partial charge is 0.225 e. The van der Waals surface area contributed by atoms with Crippen LogP contribution in [0.3, 0.4) is 0 Å². The molecule has 0 bridgehead atoms. The van der Waals surface area contributed by atoms with Crippen LogP contribution >= 0.6 is 12.4 Å². The number of rotatable bonds is 3. The molecule has 1 saturated heterocycles. The normalized spacial score (nSPS) is 26.6. The third-order valence-electron chi connectivity index (χ3n) is 4.16. The highest BCUT2D eigenvalue weighted by molar-refractivity contribution is 5.85. The largest absolute Gasteiger partial charge is 0.353 e. The zero-order valence-electron chi connectivity index (χ0n) is 11.1. The fraction of sp³-hybridized carbons (Fsp3) is 0.692. The monoisotopic (exact) mass is 284 g/mol. The average Bonchev–Trinajstić information content (AvgIpc) is 2.90. The fourth-order valence-electron chi connectivity index (χ4n) is 2.80. The van der Waals surface area contributed by atoms with Gasteiger partial charge in [0.1, 0.15) is 0 Å². The highest BCUT2D eigenvalue weighted by atomic mass is 35.5. The predicted octanol–water partition coefficient (Wildman–Crippen LogP) is 0.814. The Morgan fingerprint density at radius 3 is 2.84 bits per heavy atom. The van der Waals surface area contributed by atoms with Gasteiger partial charge in [-0.1, -0.05) is 0 Å². The zero-order chi connectivity index (χ0) is 12.5. The molecular formula is C13H21ClN4O. The molecule has 1 aliphatic carbocycles. The maximum atomic E-state index is 12.3. The molecular weight excluding hydrogens is 264 g/mol. The van der Waals surface area contributed by atoms with Gasteiger partial charge >= 0.3 is 0 Å². The second kappa shape index (κ2) is 5.92. The molecule has 2 aliphatic rings. The third-order valence-corrected chi connectivity index (χ3v) is 4.16. The van der Waals surface area contributed by atoms with E-state index in [-0.39, 0.29) is 30.2 Å². The Balaban J connectivity index is 0.00000133. The van der Waals surface area contributed by atoms with E-state index in [2.05, 4.69) is 15.7 Å². The minimum atomic E-state index is 0. The molecule has 106 valence electrons. The van der Waals surface area contributed by atoms with E-state index in [1.807, 2.05) is 19.4 Å². The van der Waals surface area contributed by atoms with Crippen molar-refractivity contribution in [1.29, 1.82) is 0 Å². The van der Waals surface area contributed by atoms with Crippen molar-refractivity contribution in [3.05, 3.63) is 18.0 Å². The van der Waals surface area contributed by atoms with Crippen molar-refractivity contribution < 1.29 is 4.79 Å². The molecule has 19 heavy (non-hydrogen) atoms. The first-order valence-electron chi connectivity index (χ1n) is 6.73. The van der Waals surface area contributed by atoms with Gasteiger partial charge < -0.3 is 10.6 Å². The van der Waals surface area contributed by atoms with E-state index in [1.54, 1.807) is 4.68 Å². The summed E-state index contributed by atoms with van der Waals surface area (Å²) in [5, 5.41) is 10.7. The minimum absolute atomic E-state index is 0. The Hall–Kier alpha value is -1.07. The summed E-state index contributed by atoms with van der Waals surface area (Å²) in [6, 6.07) is 0.424. The Kier molecular flexibility index (Phi) is 4.47. The van der Waals surface area contributed by atoms with Gasteiger partial charge in [0.2, 0.25) is 5.91 Å². The first-order valence-corrected chi connectivity index (χ1v) is 6.73. The number of carbonyl (C=O) groups is 1. The van der Waals surface area contributed by atoms with Gasteiger partial charge in [0.25, 0.3) is 0 Å². The van der Waals surface area contributed by atoms with Crippen LogP contribution in [0.15, 0.2) is 12.4 Å². The summed E-state index contributed by atoms with van der Waals surface area (Å²) in [5.41, 5.74) is 1.16. The van der Waals surface area contributed by atoms with Crippen LogP contribution in [0.2, 0.25) is 0 Å². The Bertz CT molecular complexity index is 444. The number of aryl methyl sites for hydroxylation is 1. The van der Waals surface area contributed by atoms with Crippen LogP contribution in [-0.4, -0.2) is 34.8 Å². The molecule has 1 amide bonds. The van der Waals surface area contributed by atoms with Crippen molar-refractivity contribution >= 4 is 18.3 Å². The summed E-state index contributed by atoms with van der Waals surface area (Å²) in [7, 11) is 1.91. The van der Waals surface area contributed by atoms with E-state index in [4.69, 9.17) is 0 Å². The van der Waals surface area contributed by atoms with Crippen LogP contribution in [0.5, 0.6) is 0 Å². The molecule has 1 aromatic heterocycles. The van der Waals surface area contributed by atoms with E-state index >= 15 is 0 Å². The summed E-state index contributed by atoms with van der Waals surface area (Å²) in [4.78, 5) is 12.3. The van der Waals surface area contributed by atoms with Crippen molar-refractivity contribution in [2.75, 3.05) is 13.1 Å². The molecule has 0 radical (unpaired) electrons. The number of hydrogen-bond donors (Lipinski definition) is 2. The molecule has 5 nitrogen and oxygen atoms in total. The molecule has 2 N–H and O–H groups in total. The molecule has 6 heteroatoms. The maximum Gasteiger partial charge on any atom is 0.225 e. The van der Waals surface area contributed by atoms with Gasteiger partial charge in [-0.25, -0.2) is 0 Å². The number of halogens is 1. The first-order chi connectivity index (χ1) is 8.74. The van der Waals surface area contributed by atoms with Gasteiger partial charge in [0.15, 0.2) is 0 Å². The van der Waals surface area contributed by atoms with Crippen molar-refractivity contribution in [1.82, 2.24) is 20.4 Å². The Labute approximate surface area is 119 Å². The van der Waals surface area contributed by atoms with Crippen molar-refractivity contribution in [2.45, 2.75) is 31.2 Å². The number of nitrogens with one attached hydrogen (secondary N) is 2.